The van der Waals surface area contributed by atoms with Crippen molar-refractivity contribution < 1.29 is 22.4 Å². The molecule has 0 bridgehead atoms. The van der Waals surface area contributed by atoms with Gasteiger partial charge in [-0.3, -0.25) is 4.79 Å². The Balaban J connectivity index is 2.12. The summed E-state index contributed by atoms with van der Waals surface area (Å²) >= 11 is 0. The first-order chi connectivity index (χ1) is 14.4. The number of aromatic nitrogens is 4. The lowest BCUT2D eigenvalue weighted by molar-refractivity contribution is -0.182. The highest BCUT2D eigenvalue weighted by molar-refractivity contribution is 5.96. The molecule has 1 heterocycles. The maximum Gasteiger partial charge on any atom is 0.410 e. The van der Waals surface area contributed by atoms with Crippen molar-refractivity contribution in [1.29, 1.82) is 0 Å². The highest BCUT2D eigenvalue weighted by Gasteiger charge is 2.48. The molecule has 0 unspecified atom stereocenters. The first-order valence-corrected chi connectivity index (χ1v) is 9.48. The molecule has 0 aliphatic heterocycles. The third kappa shape index (κ3) is 4.73. The lowest BCUT2D eigenvalue weighted by Gasteiger charge is -2.29. The molecule has 0 fully saturated rings. The van der Waals surface area contributed by atoms with E-state index in [1.54, 1.807) is 6.07 Å². The van der Waals surface area contributed by atoms with Gasteiger partial charge < -0.3 is 5.32 Å². The number of halogens is 4. The molecule has 1 aromatic heterocycles. The van der Waals surface area contributed by atoms with Crippen LogP contribution in [0.4, 0.5) is 17.6 Å². The molecule has 1 N–H and O–H groups in total. The molecule has 3 aromatic rings. The molecule has 0 atom stereocenters. The molecule has 31 heavy (non-hydrogen) atoms. The van der Waals surface area contributed by atoms with Gasteiger partial charge in [-0.2, -0.15) is 17.9 Å². The second-order valence-corrected chi connectivity index (χ2v) is 7.96. The molecule has 10 heteroatoms. The number of amides is 1. The van der Waals surface area contributed by atoms with Crippen molar-refractivity contribution in [2.75, 3.05) is 0 Å². The molecule has 0 saturated carbocycles. The zero-order valence-electron chi connectivity index (χ0n) is 17.3. The van der Waals surface area contributed by atoms with Gasteiger partial charge in [0.05, 0.1) is 5.69 Å². The second kappa shape index (κ2) is 8.09. The SMILES string of the molecule is CC(C)c1nnnn1-c1cc(C(=O)NC(C)(C)C(F)(F)F)cc(-c2ccc(F)cc2)c1. The van der Waals surface area contributed by atoms with Crippen molar-refractivity contribution in [1.82, 2.24) is 25.5 Å². The fourth-order valence-corrected chi connectivity index (χ4v) is 2.84. The quantitative estimate of drug-likeness (QED) is 0.592. The van der Waals surface area contributed by atoms with Gasteiger partial charge in [0, 0.05) is 11.5 Å². The molecule has 1 amide bonds. The molecule has 0 saturated heterocycles. The van der Waals surface area contributed by atoms with Gasteiger partial charge in [0.1, 0.15) is 11.4 Å². The van der Waals surface area contributed by atoms with Crippen LogP contribution in [0.25, 0.3) is 16.8 Å². The predicted molar refractivity (Wildman–Crippen MR) is 106 cm³/mol. The summed E-state index contributed by atoms with van der Waals surface area (Å²) in [5, 5.41) is 13.6. The molecule has 3 rings (SSSR count). The van der Waals surface area contributed by atoms with Crippen molar-refractivity contribution in [2.45, 2.75) is 45.3 Å². The smallest absolute Gasteiger partial charge is 0.338 e. The standard InChI is InChI=1S/C21H21F4N5O/c1-12(2)18-27-28-29-30(18)17-10-14(13-5-7-16(22)8-6-13)9-15(11-17)19(31)26-20(3,4)21(23,24)25/h5-12H,1-4H3,(H,26,31). The Morgan fingerprint density at radius 1 is 1.03 bits per heavy atom. The van der Waals surface area contributed by atoms with Crippen LogP contribution < -0.4 is 5.32 Å². The van der Waals surface area contributed by atoms with Gasteiger partial charge >= 0.3 is 6.18 Å². The van der Waals surface area contributed by atoms with Gasteiger partial charge in [0.25, 0.3) is 5.91 Å². The van der Waals surface area contributed by atoms with Crippen LogP contribution in [0.15, 0.2) is 42.5 Å². The Morgan fingerprint density at radius 3 is 2.26 bits per heavy atom. The lowest BCUT2D eigenvalue weighted by atomic mass is 9.99. The number of alkyl halides is 3. The third-order valence-electron chi connectivity index (χ3n) is 4.75. The summed E-state index contributed by atoms with van der Waals surface area (Å²) in [6.07, 6.45) is -4.64. The molecule has 2 aromatic carbocycles. The van der Waals surface area contributed by atoms with E-state index in [4.69, 9.17) is 0 Å². The minimum atomic E-state index is -4.64. The van der Waals surface area contributed by atoms with E-state index in [0.717, 1.165) is 13.8 Å². The highest BCUT2D eigenvalue weighted by Crippen LogP contribution is 2.31. The second-order valence-electron chi connectivity index (χ2n) is 7.96. The summed E-state index contributed by atoms with van der Waals surface area (Å²) in [6, 6.07) is 10.1. The van der Waals surface area contributed by atoms with Crippen molar-refractivity contribution in [2.24, 2.45) is 0 Å². The summed E-state index contributed by atoms with van der Waals surface area (Å²) in [7, 11) is 0. The lowest BCUT2D eigenvalue weighted by Crippen LogP contribution is -2.54. The van der Waals surface area contributed by atoms with Crippen LogP contribution >= 0.6 is 0 Å². The molecular weight excluding hydrogens is 414 g/mol. The fraction of sp³-hybridized carbons (Fsp3) is 0.333. The van der Waals surface area contributed by atoms with Crippen LogP contribution in [0, 0.1) is 5.82 Å². The van der Waals surface area contributed by atoms with Crippen LogP contribution in [0.1, 0.15) is 49.8 Å². The number of carbonyl (C=O) groups is 1. The zero-order chi connectivity index (χ0) is 23.0. The molecule has 0 spiro atoms. The number of tetrazole rings is 1. The summed E-state index contributed by atoms with van der Waals surface area (Å²) in [6.45, 7) is 5.53. The van der Waals surface area contributed by atoms with E-state index < -0.39 is 23.4 Å². The van der Waals surface area contributed by atoms with Crippen LogP contribution in [0.2, 0.25) is 0 Å². The van der Waals surface area contributed by atoms with Gasteiger partial charge in [-0.25, -0.2) is 4.39 Å². The van der Waals surface area contributed by atoms with Crippen molar-refractivity contribution in [3.05, 3.63) is 59.7 Å². The first kappa shape index (κ1) is 22.4. The van der Waals surface area contributed by atoms with E-state index in [1.165, 1.54) is 41.1 Å². The Hall–Kier alpha value is -3.30. The monoisotopic (exact) mass is 435 g/mol. The molecule has 0 radical (unpaired) electrons. The number of hydrogen-bond acceptors (Lipinski definition) is 4. The molecule has 0 aliphatic rings. The number of benzene rings is 2. The number of nitrogens with zero attached hydrogens (tertiary/aromatic N) is 4. The summed E-state index contributed by atoms with van der Waals surface area (Å²) in [4.78, 5) is 12.8. The van der Waals surface area contributed by atoms with Gasteiger partial charge in [0.15, 0.2) is 5.82 Å². The average Bonchev–Trinajstić information content (AvgIpc) is 3.17. The van der Waals surface area contributed by atoms with Gasteiger partial charge in [-0.05, 0) is 65.7 Å². The first-order valence-electron chi connectivity index (χ1n) is 9.48. The normalized spacial score (nSPS) is 12.3. The zero-order valence-corrected chi connectivity index (χ0v) is 17.3. The summed E-state index contributed by atoms with van der Waals surface area (Å²) in [5.74, 6) is -0.886. The molecular formula is C21H21F4N5O. The van der Waals surface area contributed by atoms with E-state index in [-0.39, 0.29) is 11.5 Å². The van der Waals surface area contributed by atoms with E-state index in [9.17, 15) is 22.4 Å². The van der Waals surface area contributed by atoms with Crippen molar-refractivity contribution in [3.8, 4) is 16.8 Å². The van der Waals surface area contributed by atoms with E-state index in [1.807, 2.05) is 19.2 Å². The van der Waals surface area contributed by atoms with E-state index in [0.29, 0.717) is 22.6 Å². The highest BCUT2D eigenvalue weighted by atomic mass is 19.4. The Labute approximate surface area is 176 Å². The Bertz CT molecular complexity index is 1090. The topological polar surface area (TPSA) is 72.7 Å². The van der Waals surface area contributed by atoms with Crippen molar-refractivity contribution in [3.63, 3.8) is 0 Å². The van der Waals surface area contributed by atoms with Crippen LogP contribution in [-0.2, 0) is 0 Å². The minimum absolute atomic E-state index is 0.0145. The van der Waals surface area contributed by atoms with Crippen molar-refractivity contribution >= 4 is 5.91 Å². The largest absolute Gasteiger partial charge is 0.410 e. The van der Waals surface area contributed by atoms with Gasteiger partial charge in [-0.1, -0.05) is 26.0 Å². The minimum Gasteiger partial charge on any atom is -0.338 e. The molecule has 164 valence electrons. The van der Waals surface area contributed by atoms with E-state index in [2.05, 4.69) is 15.5 Å². The van der Waals surface area contributed by atoms with E-state index >= 15 is 0 Å². The average molecular weight is 435 g/mol. The Morgan fingerprint density at radius 2 is 1.68 bits per heavy atom. The number of rotatable bonds is 5. The maximum atomic E-state index is 13.4. The van der Waals surface area contributed by atoms with Crippen LogP contribution in [0.3, 0.4) is 0 Å². The van der Waals surface area contributed by atoms with Crippen LogP contribution in [0.5, 0.6) is 0 Å². The fourth-order valence-electron chi connectivity index (χ4n) is 2.84. The number of nitrogens with one attached hydrogen (secondary N) is 1. The summed E-state index contributed by atoms with van der Waals surface area (Å²) < 4.78 is 54.5. The number of hydrogen-bond donors (Lipinski definition) is 1. The van der Waals surface area contributed by atoms with Gasteiger partial charge in [-0.15, -0.1) is 5.10 Å². The maximum absolute atomic E-state index is 13.4. The summed E-state index contributed by atoms with van der Waals surface area (Å²) in [5.41, 5.74) is -0.984. The van der Waals surface area contributed by atoms with Gasteiger partial charge in [0.2, 0.25) is 0 Å². The Kier molecular flexibility index (Phi) is 5.84. The molecule has 0 aliphatic carbocycles. The van der Waals surface area contributed by atoms with Crippen LogP contribution in [-0.4, -0.2) is 37.8 Å². The predicted octanol–water partition coefficient (Wildman–Crippen LogP) is 4.66. The third-order valence-corrected chi connectivity index (χ3v) is 4.75. The number of carbonyl (C=O) groups excluding carboxylic acids is 1. The molecule has 6 nitrogen and oxygen atoms in total.